The van der Waals surface area contributed by atoms with E-state index in [9.17, 15) is 9.59 Å². The van der Waals surface area contributed by atoms with Gasteiger partial charge in [0.2, 0.25) is 0 Å². The number of anilines is 3. The lowest BCUT2D eigenvalue weighted by atomic mass is 9.88. The number of nitrogens with one attached hydrogen (secondary N) is 1. The topological polar surface area (TPSA) is 108 Å². The van der Waals surface area contributed by atoms with Gasteiger partial charge in [-0.05, 0) is 42.4 Å². The van der Waals surface area contributed by atoms with Crippen molar-refractivity contribution in [2.45, 2.75) is 46.1 Å². The number of carbonyl (C=O) groups is 2. The van der Waals surface area contributed by atoms with Crippen molar-refractivity contribution >= 4 is 29.3 Å². The Hall–Kier alpha value is -3.36. The number of likely N-dealkylation sites (N-methyl/N-ethyl adjacent to an activating group) is 1. The van der Waals surface area contributed by atoms with Crippen LogP contribution < -0.4 is 16.0 Å². The first-order chi connectivity index (χ1) is 16.1. The quantitative estimate of drug-likeness (QED) is 0.678. The van der Waals surface area contributed by atoms with Gasteiger partial charge in [-0.1, -0.05) is 32.9 Å². The molecule has 9 heteroatoms. The van der Waals surface area contributed by atoms with Crippen LogP contribution in [-0.2, 0) is 6.42 Å². The largest absolute Gasteiger partial charge is 0.364 e. The lowest BCUT2D eigenvalue weighted by Gasteiger charge is -2.37. The van der Waals surface area contributed by atoms with Crippen LogP contribution in [-0.4, -0.2) is 71.0 Å². The molecule has 2 aliphatic heterocycles. The molecule has 34 heavy (non-hydrogen) atoms. The van der Waals surface area contributed by atoms with E-state index < -0.39 is 5.91 Å². The van der Waals surface area contributed by atoms with Crippen molar-refractivity contribution in [3.63, 3.8) is 0 Å². The molecular weight excluding hydrogens is 430 g/mol. The molecule has 0 radical (unpaired) electrons. The predicted octanol–water partition coefficient (Wildman–Crippen LogP) is 3.24. The van der Waals surface area contributed by atoms with Gasteiger partial charge >= 0.3 is 6.03 Å². The molecule has 3 N–H and O–H groups in total. The fourth-order valence-corrected chi connectivity index (χ4v) is 4.73. The molecule has 0 bridgehead atoms. The Bertz CT molecular complexity index is 1070. The Labute approximate surface area is 201 Å². The number of primary amides is 1. The van der Waals surface area contributed by atoms with Crippen LogP contribution in [0.5, 0.6) is 0 Å². The van der Waals surface area contributed by atoms with Crippen molar-refractivity contribution in [1.82, 2.24) is 19.8 Å². The summed E-state index contributed by atoms with van der Waals surface area (Å²) in [5, 5.41) is 3.27. The third kappa shape index (κ3) is 5.40. The zero-order valence-electron chi connectivity index (χ0n) is 20.5. The van der Waals surface area contributed by atoms with Gasteiger partial charge in [0, 0.05) is 38.9 Å². The van der Waals surface area contributed by atoms with Crippen LogP contribution in [0.2, 0.25) is 0 Å². The van der Waals surface area contributed by atoms with Gasteiger partial charge in [0.05, 0.1) is 12.2 Å². The van der Waals surface area contributed by atoms with E-state index in [0.29, 0.717) is 18.2 Å². The molecule has 1 aromatic carbocycles. The molecule has 3 heterocycles. The lowest BCUT2D eigenvalue weighted by molar-refractivity contribution is 0.0996. The van der Waals surface area contributed by atoms with Crippen molar-refractivity contribution < 1.29 is 9.59 Å². The molecule has 0 saturated carbocycles. The summed E-state index contributed by atoms with van der Waals surface area (Å²) in [4.78, 5) is 39.5. The summed E-state index contributed by atoms with van der Waals surface area (Å²) >= 11 is 0. The predicted molar refractivity (Wildman–Crippen MR) is 133 cm³/mol. The van der Waals surface area contributed by atoms with Crippen molar-refractivity contribution in [3.05, 3.63) is 41.7 Å². The highest BCUT2D eigenvalue weighted by atomic mass is 16.2. The summed E-state index contributed by atoms with van der Waals surface area (Å²) in [5.74, 6) is 0.384. The molecule has 1 atom stereocenters. The summed E-state index contributed by atoms with van der Waals surface area (Å²) < 4.78 is 0. The second-order valence-corrected chi connectivity index (χ2v) is 10.5. The maximum atomic E-state index is 12.5. The van der Waals surface area contributed by atoms with Crippen LogP contribution in [0.4, 0.5) is 22.1 Å². The number of amides is 3. The maximum absolute atomic E-state index is 12.5. The Morgan fingerprint density at radius 1 is 1.24 bits per heavy atom. The van der Waals surface area contributed by atoms with Crippen LogP contribution in [0.15, 0.2) is 30.5 Å². The Morgan fingerprint density at radius 2 is 2.03 bits per heavy atom. The van der Waals surface area contributed by atoms with Gasteiger partial charge in [-0.15, -0.1) is 0 Å². The number of aromatic nitrogens is 2. The average Bonchev–Trinajstić information content (AvgIpc) is 3.11. The molecule has 2 aromatic rings. The highest BCUT2D eigenvalue weighted by molar-refractivity contribution is 5.96. The van der Waals surface area contributed by atoms with Crippen LogP contribution in [0.3, 0.4) is 0 Å². The van der Waals surface area contributed by atoms with Gasteiger partial charge in [0.15, 0.2) is 11.5 Å². The molecule has 4 rings (SSSR count). The zero-order valence-corrected chi connectivity index (χ0v) is 20.5. The van der Waals surface area contributed by atoms with Crippen molar-refractivity contribution in [2.24, 2.45) is 11.1 Å². The third-order valence-electron chi connectivity index (χ3n) is 6.33. The first-order valence-electron chi connectivity index (χ1n) is 11.9. The fourth-order valence-electron chi connectivity index (χ4n) is 4.73. The Balaban J connectivity index is 1.56. The van der Waals surface area contributed by atoms with E-state index in [2.05, 4.69) is 48.1 Å². The number of benzene rings is 1. The van der Waals surface area contributed by atoms with Gasteiger partial charge in [-0.3, -0.25) is 4.79 Å². The van der Waals surface area contributed by atoms with Crippen LogP contribution in [0.1, 0.15) is 49.7 Å². The van der Waals surface area contributed by atoms with Crippen molar-refractivity contribution in [3.8, 4) is 0 Å². The van der Waals surface area contributed by atoms with Crippen molar-refractivity contribution in [2.75, 3.05) is 43.4 Å². The standard InChI is InChI=1S/C25H35N7O2/c1-25(2,3)14-17-7-5-8-18(13-17)28-23-21(22(26)33)27-15-20(29-23)31-10-6-9-19(16-31)32-12-11-30(4)24(32)34/h5,7-8,13,15,19H,6,9-12,14,16H2,1-4H3,(H2,26,33)(H,28,29)/t19-/m1/s1. The summed E-state index contributed by atoms with van der Waals surface area (Å²) in [6.45, 7) is 9.61. The highest BCUT2D eigenvalue weighted by Crippen LogP contribution is 2.27. The molecule has 0 spiro atoms. The van der Waals surface area contributed by atoms with Crippen LogP contribution >= 0.6 is 0 Å². The molecular formula is C25H35N7O2. The fraction of sp³-hybridized carbons (Fsp3) is 0.520. The van der Waals surface area contributed by atoms with Gasteiger partial charge in [0.1, 0.15) is 5.82 Å². The normalized spacial score (nSPS) is 19.0. The van der Waals surface area contributed by atoms with Gasteiger partial charge in [0.25, 0.3) is 5.91 Å². The van der Waals surface area contributed by atoms with E-state index in [4.69, 9.17) is 10.7 Å². The van der Waals surface area contributed by atoms with Crippen LogP contribution in [0.25, 0.3) is 0 Å². The molecule has 3 amide bonds. The summed E-state index contributed by atoms with van der Waals surface area (Å²) in [6.07, 6.45) is 4.45. The summed E-state index contributed by atoms with van der Waals surface area (Å²) in [5.41, 5.74) is 7.89. The minimum atomic E-state index is -0.630. The van der Waals surface area contributed by atoms with Gasteiger partial charge in [-0.25, -0.2) is 14.8 Å². The van der Waals surface area contributed by atoms with E-state index in [0.717, 1.165) is 44.6 Å². The number of hydrogen-bond donors (Lipinski definition) is 2. The zero-order chi connectivity index (χ0) is 24.5. The number of piperidine rings is 1. The lowest BCUT2D eigenvalue weighted by Crippen LogP contribution is -2.49. The second-order valence-electron chi connectivity index (χ2n) is 10.5. The van der Waals surface area contributed by atoms with E-state index in [-0.39, 0.29) is 23.2 Å². The van der Waals surface area contributed by atoms with Gasteiger partial charge in [-0.2, -0.15) is 0 Å². The molecule has 0 unspecified atom stereocenters. The van der Waals surface area contributed by atoms with Crippen LogP contribution in [0, 0.1) is 5.41 Å². The number of urea groups is 1. The average molecular weight is 466 g/mol. The van der Waals surface area contributed by atoms with E-state index in [1.165, 1.54) is 5.56 Å². The number of hydrogen-bond acceptors (Lipinski definition) is 6. The molecule has 2 aliphatic rings. The maximum Gasteiger partial charge on any atom is 0.320 e. The first kappa shape index (κ1) is 23.8. The number of nitrogens with zero attached hydrogens (tertiary/aromatic N) is 5. The molecule has 0 aliphatic carbocycles. The molecule has 182 valence electrons. The monoisotopic (exact) mass is 465 g/mol. The molecule has 2 fully saturated rings. The minimum Gasteiger partial charge on any atom is -0.364 e. The number of carbonyl (C=O) groups excluding carboxylic acids is 2. The number of nitrogens with two attached hydrogens (primary N) is 1. The van der Waals surface area contributed by atoms with E-state index in [1.54, 1.807) is 11.1 Å². The SMILES string of the molecule is CN1CCN([C@@H]2CCCN(c3cnc(C(N)=O)c(Nc4cccc(CC(C)(C)C)c4)n3)C2)C1=O. The molecule has 9 nitrogen and oxygen atoms in total. The molecule has 2 saturated heterocycles. The smallest absolute Gasteiger partial charge is 0.320 e. The Morgan fingerprint density at radius 3 is 2.71 bits per heavy atom. The summed E-state index contributed by atoms with van der Waals surface area (Å²) in [6, 6.07) is 8.31. The van der Waals surface area contributed by atoms with E-state index >= 15 is 0 Å². The second kappa shape index (κ2) is 9.48. The van der Waals surface area contributed by atoms with Gasteiger partial charge < -0.3 is 25.8 Å². The van der Waals surface area contributed by atoms with Crippen molar-refractivity contribution in [1.29, 1.82) is 0 Å². The van der Waals surface area contributed by atoms with E-state index in [1.807, 2.05) is 24.1 Å². The number of rotatable bonds is 6. The first-order valence-corrected chi connectivity index (χ1v) is 11.9. The minimum absolute atomic E-state index is 0.0829. The molecule has 1 aromatic heterocycles. The highest BCUT2D eigenvalue weighted by Gasteiger charge is 2.34. The Kier molecular flexibility index (Phi) is 6.63. The third-order valence-corrected chi connectivity index (χ3v) is 6.33. The summed E-state index contributed by atoms with van der Waals surface area (Å²) in [7, 11) is 1.84.